The van der Waals surface area contributed by atoms with Gasteiger partial charge in [-0.3, -0.25) is 9.59 Å². The number of nitrogens with one attached hydrogen (secondary N) is 2. The van der Waals surface area contributed by atoms with Crippen LogP contribution in [0.25, 0.3) is 0 Å². The second-order valence-corrected chi connectivity index (χ2v) is 7.09. The van der Waals surface area contributed by atoms with Crippen molar-refractivity contribution in [2.75, 3.05) is 0 Å². The third kappa shape index (κ3) is 6.71. The van der Waals surface area contributed by atoms with Crippen LogP contribution in [-0.4, -0.2) is 23.6 Å². The fourth-order valence-electron chi connectivity index (χ4n) is 3.58. The normalized spacial score (nSPS) is 21.5. The molecule has 0 unspecified atom stereocenters. The van der Waals surface area contributed by atoms with E-state index in [1.807, 2.05) is 0 Å². The van der Waals surface area contributed by atoms with Crippen LogP contribution in [0, 0.1) is 5.92 Å². The van der Waals surface area contributed by atoms with Crippen LogP contribution < -0.4 is 10.7 Å². The topological polar surface area (TPSA) is 70.6 Å². The van der Waals surface area contributed by atoms with Gasteiger partial charge in [0.1, 0.15) is 0 Å². The number of carbonyl (C=O) groups excluding carboxylic acids is 2. The molecule has 130 valence electrons. The summed E-state index contributed by atoms with van der Waals surface area (Å²) in [5, 5.41) is 7.22. The van der Waals surface area contributed by atoms with Crippen molar-refractivity contribution in [3.63, 3.8) is 0 Å². The van der Waals surface area contributed by atoms with Crippen LogP contribution in [0.15, 0.2) is 5.10 Å². The summed E-state index contributed by atoms with van der Waals surface area (Å²) in [7, 11) is 0. The zero-order chi connectivity index (χ0) is 16.5. The van der Waals surface area contributed by atoms with Crippen LogP contribution in [0.1, 0.15) is 84.0 Å². The molecule has 2 rings (SSSR count). The minimum Gasteiger partial charge on any atom is -0.353 e. The van der Waals surface area contributed by atoms with Crippen molar-refractivity contribution >= 4 is 17.5 Å². The molecule has 0 aromatic rings. The van der Waals surface area contributed by atoms with E-state index >= 15 is 0 Å². The second-order valence-electron chi connectivity index (χ2n) is 7.09. The fourth-order valence-corrected chi connectivity index (χ4v) is 3.58. The zero-order valence-electron chi connectivity index (χ0n) is 14.4. The van der Waals surface area contributed by atoms with E-state index in [9.17, 15) is 9.59 Å². The molecule has 2 aliphatic carbocycles. The molecule has 0 aromatic heterocycles. The molecule has 0 atom stereocenters. The van der Waals surface area contributed by atoms with Crippen molar-refractivity contribution in [2.24, 2.45) is 11.0 Å². The van der Waals surface area contributed by atoms with Gasteiger partial charge < -0.3 is 5.32 Å². The Hall–Kier alpha value is -1.39. The van der Waals surface area contributed by atoms with Gasteiger partial charge in [-0.25, -0.2) is 5.43 Å². The number of rotatable bonds is 5. The Morgan fingerprint density at radius 1 is 0.913 bits per heavy atom. The quantitative estimate of drug-likeness (QED) is 0.463. The Bertz CT molecular complexity index is 420. The highest BCUT2D eigenvalue weighted by atomic mass is 16.2. The minimum atomic E-state index is 0.00762. The Labute approximate surface area is 139 Å². The lowest BCUT2D eigenvalue weighted by molar-refractivity contribution is -0.126. The number of hydrazone groups is 1. The predicted octanol–water partition coefficient (Wildman–Crippen LogP) is 3.29. The predicted molar refractivity (Wildman–Crippen MR) is 92.1 cm³/mol. The number of carbonyl (C=O) groups is 2. The first kappa shape index (κ1) is 18.0. The number of amides is 2. The molecular formula is C18H31N3O2. The zero-order valence-corrected chi connectivity index (χ0v) is 14.4. The van der Waals surface area contributed by atoms with Crippen molar-refractivity contribution in [3.8, 4) is 0 Å². The molecule has 2 N–H and O–H groups in total. The Balaban J connectivity index is 1.70. The fraction of sp³-hybridized carbons (Fsp3) is 0.833. The van der Waals surface area contributed by atoms with Gasteiger partial charge >= 0.3 is 0 Å². The molecule has 2 saturated carbocycles. The van der Waals surface area contributed by atoms with Crippen LogP contribution in [0.2, 0.25) is 0 Å². The van der Waals surface area contributed by atoms with E-state index in [0.29, 0.717) is 11.8 Å². The molecule has 0 radical (unpaired) electrons. The second kappa shape index (κ2) is 9.68. The summed E-state index contributed by atoms with van der Waals surface area (Å²) in [6.07, 6.45) is 12.8. The van der Waals surface area contributed by atoms with Gasteiger partial charge in [0.2, 0.25) is 11.8 Å². The molecule has 0 aliphatic heterocycles. The van der Waals surface area contributed by atoms with Gasteiger partial charge in [0, 0.05) is 17.7 Å². The SMILES string of the molecule is C/C(CC(=O)NC1CCCCCC1)=N\NC(=O)C1CCCCC1. The summed E-state index contributed by atoms with van der Waals surface area (Å²) in [6, 6.07) is 0.314. The van der Waals surface area contributed by atoms with Crippen molar-refractivity contribution < 1.29 is 9.59 Å². The van der Waals surface area contributed by atoms with Gasteiger partial charge in [0.15, 0.2) is 0 Å². The number of hydrogen-bond donors (Lipinski definition) is 2. The lowest BCUT2D eigenvalue weighted by Crippen LogP contribution is -2.35. The van der Waals surface area contributed by atoms with Crippen LogP contribution in [0.3, 0.4) is 0 Å². The highest BCUT2D eigenvalue weighted by molar-refractivity contribution is 6.00. The smallest absolute Gasteiger partial charge is 0.243 e. The molecule has 5 heteroatoms. The summed E-state index contributed by atoms with van der Waals surface area (Å²) in [5.41, 5.74) is 3.31. The third-order valence-electron chi connectivity index (χ3n) is 4.97. The highest BCUT2D eigenvalue weighted by Crippen LogP contribution is 2.23. The highest BCUT2D eigenvalue weighted by Gasteiger charge is 2.21. The molecule has 0 spiro atoms. The first-order valence-electron chi connectivity index (χ1n) is 9.27. The van der Waals surface area contributed by atoms with Crippen molar-refractivity contribution in [1.82, 2.24) is 10.7 Å². The van der Waals surface area contributed by atoms with Crippen molar-refractivity contribution in [3.05, 3.63) is 0 Å². The first-order chi connectivity index (χ1) is 11.1. The van der Waals surface area contributed by atoms with Crippen molar-refractivity contribution in [1.29, 1.82) is 0 Å². The maximum Gasteiger partial charge on any atom is 0.243 e. The average molecular weight is 321 g/mol. The summed E-state index contributed by atoms with van der Waals surface area (Å²) in [4.78, 5) is 24.1. The van der Waals surface area contributed by atoms with E-state index in [0.717, 1.165) is 38.5 Å². The standard InChI is InChI=1S/C18H31N3O2/c1-14(20-21-18(23)15-9-5-4-6-10-15)13-17(22)19-16-11-7-2-3-8-12-16/h15-16H,2-13H2,1H3,(H,19,22)(H,21,23)/b20-14+. The molecule has 0 saturated heterocycles. The molecule has 0 bridgehead atoms. The lowest BCUT2D eigenvalue weighted by Gasteiger charge is -2.19. The first-order valence-corrected chi connectivity index (χ1v) is 9.27. The summed E-state index contributed by atoms with van der Waals surface area (Å²) in [6.45, 7) is 1.80. The molecule has 2 fully saturated rings. The number of nitrogens with zero attached hydrogens (tertiary/aromatic N) is 1. The molecule has 2 aliphatic rings. The van der Waals surface area contributed by atoms with Gasteiger partial charge in [-0.1, -0.05) is 44.9 Å². The Morgan fingerprint density at radius 3 is 2.13 bits per heavy atom. The Morgan fingerprint density at radius 2 is 1.48 bits per heavy atom. The third-order valence-corrected chi connectivity index (χ3v) is 4.97. The maximum absolute atomic E-state index is 12.1. The molecule has 0 heterocycles. The molecular weight excluding hydrogens is 290 g/mol. The van der Waals surface area contributed by atoms with Gasteiger partial charge in [0.05, 0.1) is 6.42 Å². The summed E-state index contributed by atoms with van der Waals surface area (Å²) < 4.78 is 0. The van der Waals surface area contributed by atoms with E-state index in [4.69, 9.17) is 0 Å². The van der Waals surface area contributed by atoms with Gasteiger partial charge in [-0.15, -0.1) is 0 Å². The van der Waals surface area contributed by atoms with E-state index in [1.165, 1.54) is 32.1 Å². The van der Waals surface area contributed by atoms with E-state index in [1.54, 1.807) is 6.92 Å². The molecule has 2 amide bonds. The van der Waals surface area contributed by atoms with Crippen LogP contribution in [-0.2, 0) is 9.59 Å². The lowest BCUT2D eigenvalue weighted by atomic mass is 9.89. The van der Waals surface area contributed by atoms with Gasteiger partial charge in [0.25, 0.3) is 0 Å². The molecule has 23 heavy (non-hydrogen) atoms. The van der Waals surface area contributed by atoms with Crippen LogP contribution in [0.5, 0.6) is 0 Å². The largest absolute Gasteiger partial charge is 0.353 e. The summed E-state index contributed by atoms with van der Waals surface area (Å²) in [5.74, 6) is 0.124. The van der Waals surface area contributed by atoms with Crippen LogP contribution in [0.4, 0.5) is 0 Å². The maximum atomic E-state index is 12.1. The average Bonchev–Trinajstić information content (AvgIpc) is 2.82. The van der Waals surface area contributed by atoms with E-state index < -0.39 is 0 Å². The molecule has 0 aromatic carbocycles. The monoisotopic (exact) mass is 321 g/mol. The van der Waals surface area contributed by atoms with Gasteiger partial charge in [-0.05, 0) is 32.6 Å². The van der Waals surface area contributed by atoms with Crippen molar-refractivity contribution in [2.45, 2.75) is 90.0 Å². The Kier molecular flexibility index (Phi) is 7.56. The minimum absolute atomic E-state index is 0.00762. The van der Waals surface area contributed by atoms with E-state index in [-0.39, 0.29) is 24.2 Å². The summed E-state index contributed by atoms with van der Waals surface area (Å²) >= 11 is 0. The van der Waals surface area contributed by atoms with Crippen LogP contribution >= 0.6 is 0 Å². The van der Waals surface area contributed by atoms with Gasteiger partial charge in [-0.2, -0.15) is 5.10 Å². The molecule has 5 nitrogen and oxygen atoms in total. The van der Waals surface area contributed by atoms with E-state index in [2.05, 4.69) is 15.8 Å². The number of hydrogen-bond acceptors (Lipinski definition) is 3.